The van der Waals surface area contributed by atoms with Gasteiger partial charge in [0.05, 0.1) is 31.6 Å². The number of hydrogen-bond donors (Lipinski definition) is 2. The van der Waals surface area contributed by atoms with E-state index >= 15 is 0 Å². The predicted octanol–water partition coefficient (Wildman–Crippen LogP) is 3.25. The maximum absolute atomic E-state index is 13.1. The van der Waals surface area contributed by atoms with Gasteiger partial charge in [-0.05, 0) is 36.1 Å². The van der Waals surface area contributed by atoms with Crippen molar-refractivity contribution in [3.8, 4) is 11.1 Å². The van der Waals surface area contributed by atoms with Crippen molar-refractivity contribution >= 4 is 18.0 Å². The normalized spacial score (nSPS) is 18.9. The number of carbonyl (C=O) groups is 3. The molecule has 2 aromatic rings. The summed E-state index contributed by atoms with van der Waals surface area (Å²) < 4.78 is 11.1. The van der Waals surface area contributed by atoms with E-state index in [4.69, 9.17) is 14.6 Å². The van der Waals surface area contributed by atoms with E-state index in [-0.39, 0.29) is 50.7 Å². The van der Waals surface area contributed by atoms with Gasteiger partial charge >= 0.3 is 12.1 Å². The van der Waals surface area contributed by atoms with Gasteiger partial charge in [0.15, 0.2) is 0 Å². The van der Waals surface area contributed by atoms with Gasteiger partial charge < -0.3 is 24.8 Å². The van der Waals surface area contributed by atoms with E-state index in [9.17, 15) is 14.4 Å². The fraction of sp³-hybridized carbons (Fsp3) is 0.423. The van der Waals surface area contributed by atoms with Crippen molar-refractivity contribution in [1.29, 1.82) is 0 Å². The Labute approximate surface area is 198 Å². The molecule has 1 aliphatic heterocycles. The van der Waals surface area contributed by atoms with Gasteiger partial charge in [0.2, 0.25) is 5.91 Å². The van der Waals surface area contributed by atoms with Crippen molar-refractivity contribution in [3.63, 3.8) is 0 Å². The van der Waals surface area contributed by atoms with E-state index in [0.29, 0.717) is 0 Å². The van der Waals surface area contributed by atoms with Crippen molar-refractivity contribution in [2.75, 3.05) is 26.4 Å². The molecule has 1 fully saturated rings. The van der Waals surface area contributed by atoms with Crippen LogP contribution in [0.25, 0.3) is 11.1 Å². The third-order valence-electron chi connectivity index (χ3n) is 6.52. The lowest BCUT2D eigenvalue weighted by Crippen LogP contribution is -2.50. The zero-order chi connectivity index (χ0) is 24.2. The molecule has 2 atom stereocenters. The van der Waals surface area contributed by atoms with Crippen LogP contribution >= 0.6 is 0 Å². The number of carbonyl (C=O) groups excluding carboxylic acids is 2. The number of hydrogen-bond acceptors (Lipinski definition) is 5. The number of benzene rings is 2. The first kappa shape index (κ1) is 23.8. The summed E-state index contributed by atoms with van der Waals surface area (Å²) in [7, 11) is 0. The van der Waals surface area contributed by atoms with Crippen LogP contribution in [0.2, 0.25) is 0 Å². The maximum Gasteiger partial charge on any atom is 0.407 e. The molecule has 0 bridgehead atoms. The molecule has 1 saturated heterocycles. The number of carboxylic acids is 1. The standard InChI is InChI=1S/C26H30N2O6/c1-16(2)28(12-11-24(29)30)25(31)22-13-33-15-23(22)27-26(32)34-14-21-19-9-5-3-7-17(19)18-8-4-6-10-20(18)21/h3-10,16,21-23H,11-15H2,1-2H3,(H,27,32)(H,29,30). The van der Waals surface area contributed by atoms with E-state index in [1.165, 1.54) is 4.90 Å². The maximum atomic E-state index is 13.1. The zero-order valence-electron chi connectivity index (χ0n) is 19.4. The highest BCUT2D eigenvalue weighted by molar-refractivity contribution is 5.82. The summed E-state index contributed by atoms with van der Waals surface area (Å²) >= 11 is 0. The second-order valence-corrected chi connectivity index (χ2v) is 8.99. The van der Waals surface area contributed by atoms with Crippen LogP contribution in [-0.2, 0) is 19.1 Å². The SMILES string of the molecule is CC(C)N(CCC(=O)O)C(=O)C1COCC1NC(=O)OCC1c2ccccc2-c2ccccc21. The molecular weight excluding hydrogens is 436 g/mol. The summed E-state index contributed by atoms with van der Waals surface area (Å²) in [5, 5.41) is 11.8. The predicted molar refractivity (Wildman–Crippen MR) is 125 cm³/mol. The molecule has 34 heavy (non-hydrogen) atoms. The number of nitrogens with zero attached hydrogens (tertiary/aromatic N) is 1. The van der Waals surface area contributed by atoms with Gasteiger partial charge in [-0.2, -0.15) is 0 Å². The topological polar surface area (TPSA) is 105 Å². The quantitative estimate of drug-likeness (QED) is 0.619. The number of ether oxygens (including phenoxy) is 2. The molecule has 2 aliphatic rings. The van der Waals surface area contributed by atoms with Crippen LogP contribution in [0.15, 0.2) is 48.5 Å². The summed E-state index contributed by atoms with van der Waals surface area (Å²) in [6.45, 7) is 4.34. The van der Waals surface area contributed by atoms with Gasteiger partial charge in [-0.1, -0.05) is 48.5 Å². The zero-order valence-corrected chi connectivity index (χ0v) is 19.4. The smallest absolute Gasteiger partial charge is 0.407 e. The summed E-state index contributed by atoms with van der Waals surface area (Å²) in [4.78, 5) is 38.3. The Morgan fingerprint density at radius 1 is 1.06 bits per heavy atom. The molecule has 1 aliphatic carbocycles. The molecule has 4 rings (SSSR count). The Morgan fingerprint density at radius 2 is 1.68 bits per heavy atom. The van der Waals surface area contributed by atoms with Crippen molar-refractivity contribution in [3.05, 3.63) is 59.7 Å². The number of fused-ring (bicyclic) bond motifs is 3. The number of alkyl carbamates (subject to hydrolysis) is 1. The summed E-state index contributed by atoms with van der Waals surface area (Å²) in [6, 6.07) is 15.5. The van der Waals surface area contributed by atoms with Gasteiger partial charge in [-0.3, -0.25) is 9.59 Å². The van der Waals surface area contributed by atoms with Crippen LogP contribution in [0.5, 0.6) is 0 Å². The van der Waals surface area contributed by atoms with Crippen LogP contribution < -0.4 is 5.32 Å². The summed E-state index contributed by atoms with van der Waals surface area (Å²) in [5.74, 6) is -1.83. The minimum absolute atomic E-state index is 0.0529. The van der Waals surface area contributed by atoms with Crippen LogP contribution in [-0.4, -0.2) is 66.4 Å². The Hall–Kier alpha value is -3.39. The molecule has 2 amide bonds. The monoisotopic (exact) mass is 466 g/mol. The lowest BCUT2D eigenvalue weighted by Gasteiger charge is -2.30. The molecule has 2 N–H and O–H groups in total. The third kappa shape index (κ3) is 4.92. The average Bonchev–Trinajstić information content (AvgIpc) is 3.39. The average molecular weight is 467 g/mol. The van der Waals surface area contributed by atoms with Gasteiger partial charge in [0.1, 0.15) is 6.61 Å². The van der Waals surface area contributed by atoms with E-state index < -0.39 is 24.0 Å². The molecule has 0 saturated carbocycles. The van der Waals surface area contributed by atoms with Gasteiger partial charge in [-0.25, -0.2) is 4.79 Å². The van der Waals surface area contributed by atoms with Crippen LogP contribution in [0.4, 0.5) is 4.79 Å². The minimum atomic E-state index is -0.963. The molecular formula is C26H30N2O6. The molecule has 0 spiro atoms. The first-order valence-corrected chi connectivity index (χ1v) is 11.6. The minimum Gasteiger partial charge on any atom is -0.481 e. The van der Waals surface area contributed by atoms with Crippen molar-refractivity contribution < 1.29 is 29.0 Å². The second-order valence-electron chi connectivity index (χ2n) is 8.99. The van der Waals surface area contributed by atoms with Crippen molar-refractivity contribution in [2.24, 2.45) is 5.92 Å². The fourth-order valence-corrected chi connectivity index (χ4v) is 4.78. The molecule has 2 unspecified atom stereocenters. The largest absolute Gasteiger partial charge is 0.481 e. The molecule has 0 radical (unpaired) electrons. The van der Waals surface area contributed by atoms with E-state index in [0.717, 1.165) is 22.3 Å². The lowest BCUT2D eigenvalue weighted by molar-refractivity contribution is -0.141. The highest BCUT2D eigenvalue weighted by Crippen LogP contribution is 2.44. The molecule has 0 aromatic heterocycles. The molecule has 2 aromatic carbocycles. The third-order valence-corrected chi connectivity index (χ3v) is 6.52. The van der Waals surface area contributed by atoms with Crippen molar-refractivity contribution in [1.82, 2.24) is 10.2 Å². The molecule has 8 nitrogen and oxygen atoms in total. The van der Waals surface area contributed by atoms with Gasteiger partial charge in [0, 0.05) is 18.5 Å². The van der Waals surface area contributed by atoms with Crippen LogP contribution in [0, 0.1) is 5.92 Å². The highest BCUT2D eigenvalue weighted by atomic mass is 16.5. The number of aliphatic carboxylic acids is 1. The number of nitrogens with one attached hydrogen (secondary N) is 1. The number of rotatable bonds is 8. The van der Waals surface area contributed by atoms with Crippen LogP contribution in [0.1, 0.15) is 37.3 Å². The lowest BCUT2D eigenvalue weighted by atomic mass is 9.98. The molecule has 180 valence electrons. The highest BCUT2D eigenvalue weighted by Gasteiger charge is 2.39. The molecule has 8 heteroatoms. The number of carboxylic acid groups (broad SMARTS) is 1. The van der Waals surface area contributed by atoms with Gasteiger partial charge in [-0.15, -0.1) is 0 Å². The number of amides is 2. The Balaban J connectivity index is 1.38. The summed E-state index contributed by atoms with van der Waals surface area (Å²) in [6.07, 6.45) is -0.737. The van der Waals surface area contributed by atoms with E-state index in [1.54, 1.807) is 0 Å². The Morgan fingerprint density at radius 3 is 2.26 bits per heavy atom. The Kier molecular flexibility index (Phi) is 7.17. The van der Waals surface area contributed by atoms with Crippen LogP contribution in [0.3, 0.4) is 0 Å². The summed E-state index contributed by atoms with van der Waals surface area (Å²) in [5.41, 5.74) is 4.55. The first-order chi connectivity index (χ1) is 16.4. The van der Waals surface area contributed by atoms with E-state index in [1.807, 2.05) is 38.1 Å². The van der Waals surface area contributed by atoms with Gasteiger partial charge in [0.25, 0.3) is 0 Å². The first-order valence-electron chi connectivity index (χ1n) is 11.6. The molecule has 1 heterocycles. The second kappa shape index (κ2) is 10.3. The Bertz CT molecular complexity index is 1020. The van der Waals surface area contributed by atoms with E-state index in [2.05, 4.69) is 29.6 Å². The fourth-order valence-electron chi connectivity index (χ4n) is 4.78. The van der Waals surface area contributed by atoms with Crippen molar-refractivity contribution in [2.45, 2.75) is 38.3 Å².